The van der Waals surface area contributed by atoms with E-state index in [0.717, 1.165) is 25.2 Å². The Balaban J connectivity index is 2.01. The molecule has 1 aliphatic rings. The van der Waals surface area contributed by atoms with Crippen molar-refractivity contribution >= 4 is 17.6 Å². The third-order valence-corrected chi connectivity index (χ3v) is 3.72. The zero-order valence-corrected chi connectivity index (χ0v) is 11.1. The van der Waals surface area contributed by atoms with Crippen molar-refractivity contribution in [1.82, 2.24) is 4.90 Å². The Hall–Kier alpha value is -1.06. The molecule has 0 unspecified atom stereocenters. The minimum Gasteiger partial charge on any atom is -0.481 e. The molecule has 1 saturated heterocycles. The lowest BCUT2D eigenvalue weighted by Crippen LogP contribution is -2.24. The average molecular weight is 268 g/mol. The fourth-order valence-corrected chi connectivity index (χ4v) is 2.67. The molecule has 4 heteroatoms. The molecule has 0 amide bonds. The van der Waals surface area contributed by atoms with Crippen molar-refractivity contribution in [2.45, 2.75) is 25.2 Å². The SMILES string of the molecule is O=C(O)[C@H](CCN1CCCC1)c1cccc(Cl)c1. The van der Waals surface area contributed by atoms with Crippen LogP contribution in [-0.4, -0.2) is 35.6 Å². The molecule has 0 saturated carbocycles. The van der Waals surface area contributed by atoms with Crippen molar-refractivity contribution in [1.29, 1.82) is 0 Å². The molecule has 18 heavy (non-hydrogen) atoms. The number of nitrogens with zero attached hydrogens (tertiary/aromatic N) is 1. The predicted molar refractivity (Wildman–Crippen MR) is 72.1 cm³/mol. The van der Waals surface area contributed by atoms with Crippen molar-refractivity contribution in [3.63, 3.8) is 0 Å². The van der Waals surface area contributed by atoms with Gasteiger partial charge in [-0.2, -0.15) is 0 Å². The number of carboxylic acids is 1. The first-order valence-electron chi connectivity index (χ1n) is 6.37. The van der Waals surface area contributed by atoms with E-state index < -0.39 is 11.9 Å². The molecule has 2 rings (SSSR count). The normalized spacial score (nSPS) is 17.8. The van der Waals surface area contributed by atoms with Crippen LogP contribution in [-0.2, 0) is 4.79 Å². The molecule has 1 aromatic carbocycles. The molecule has 0 bridgehead atoms. The minimum absolute atomic E-state index is 0.454. The third kappa shape index (κ3) is 3.47. The second kappa shape index (κ2) is 6.21. The zero-order valence-electron chi connectivity index (χ0n) is 10.3. The first-order chi connectivity index (χ1) is 8.66. The standard InChI is InChI=1S/C14H18ClNO2/c15-12-5-3-4-11(10-12)13(14(17)18)6-9-16-7-1-2-8-16/h3-5,10,13H,1-2,6-9H2,(H,17,18)/t13-/m1/s1. The Morgan fingerprint density at radius 1 is 1.39 bits per heavy atom. The summed E-state index contributed by atoms with van der Waals surface area (Å²) < 4.78 is 0. The first kappa shape index (κ1) is 13.4. The number of rotatable bonds is 5. The Morgan fingerprint density at radius 3 is 2.72 bits per heavy atom. The lowest BCUT2D eigenvalue weighted by Gasteiger charge is -2.18. The quantitative estimate of drug-likeness (QED) is 0.892. The Bertz CT molecular complexity index is 416. The molecule has 0 aromatic heterocycles. The number of carbonyl (C=O) groups is 1. The van der Waals surface area contributed by atoms with E-state index in [0.29, 0.717) is 11.4 Å². The Morgan fingerprint density at radius 2 is 2.11 bits per heavy atom. The molecule has 0 radical (unpaired) electrons. The number of hydrogen-bond acceptors (Lipinski definition) is 2. The molecule has 98 valence electrons. The highest BCUT2D eigenvalue weighted by atomic mass is 35.5. The molecule has 1 atom stereocenters. The van der Waals surface area contributed by atoms with E-state index in [4.69, 9.17) is 11.6 Å². The Kier molecular flexibility index (Phi) is 4.61. The number of likely N-dealkylation sites (tertiary alicyclic amines) is 1. The van der Waals surface area contributed by atoms with Crippen LogP contribution in [0, 0.1) is 0 Å². The molecule has 1 aromatic rings. The van der Waals surface area contributed by atoms with Crippen molar-refractivity contribution < 1.29 is 9.90 Å². The van der Waals surface area contributed by atoms with Gasteiger partial charge in [-0.05, 0) is 56.6 Å². The lowest BCUT2D eigenvalue weighted by molar-refractivity contribution is -0.139. The van der Waals surface area contributed by atoms with Crippen LogP contribution in [0.5, 0.6) is 0 Å². The summed E-state index contributed by atoms with van der Waals surface area (Å²) in [6.07, 6.45) is 3.11. The van der Waals surface area contributed by atoms with E-state index in [-0.39, 0.29) is 0 Å². The maximum Gasteiger partial charge on any atom is 0.311 e. The smallest absolute Gasteiger partial charge is 0.311 e. The number of carboxylic acid groups (broad SMARTS) is 1. The second-order valence-corrected chi connectivity index (χ2v) is 5.22. The van der Waals surface area contributed by atoms with E-state index in [1.807, 2.05) is 12.1 Å². The van der Waals surface area contributed by atoms with E-state index in [2.05, 4.69) is 4.90 Å². The lowest BCUT2D eigenvalue weighted by atomic mass is 9.96. The van der Waals surface area contributed by atoms with E-state index in [1.165, 1.54) is 12.8 Å². The van der Waals surface area contributed by atoms with Gasteiger partial charge in [-0.3, -0.25) is 4.79 Å². The monoisotopic (exact) mass is 267 g/mol. The molecule has 1 fully saturated rings. The Labute approximate surface area is 112 Å². The summed E-state index contributed by atoms with van der Waals surface area (Å²) in [5.41, 5.74) is 0.800. The van der Waals surface area contributed by atoms with Crippen LogP contribution in [0.3, 0.4) is 0 Å². The highest BCUT2D eigenvalue weighted by Gasteiger charge is 2.22. The van der Waals surface area contributed by atoms with Gasteiger partial charge < -0.3 is 10.0 Å². The van der Waals surface area contributed by atoms with Crippen LogP contribution in [0.15, 0.2) is 24.3 Å². The van der Waals surface area contributed by atoms with Gasteiger partial charge in [-0.1, -0.05) is 23.7 Å². The summed E-state index contributed by atoms with van der Waals surface area (Å²) in [5.74, 6) is -1.22. The first-order valence-corrected chi connectivity index (χ1v) is 6.75. The van der Waals surface area contributed by atoms with Gasteiger partial charge >= 0.3 is 5.97 Å². The van der Waals surface area contributed by atoms with Crippen LogP contribution in [0.2, 0.25) is 5.02 Å². The van der Waals surface area contributed by atoms with Gasteiger partial charge in [0, 0.05) is 5.02 Å². The van der Waals surface area contributed by atoms with E-state index in [1.54, 1.807) is 12.1 Å². The van der Waals surface area contributed by atoms with Gasteiger partial charge in [0.1, 0.15) is 0 Å². The van der Waals surface area contributed by atoms with Gasteiger partial charge in [0.05, 0.1) is 5.92 Å². The number of aliphatic carboxylic acids is 1. The summed E-state index contributed by atoms with van der Waals surface area (Å²) in [4.78, 5) is 13.7. The maximum atomic E-state index is 11.4. The summed E-state index contributed by atoms with van der Waals surface area (Å²) in [7, 11) is 0. The topological polar surface area (TPSA) is 40.5 Å². The van der Waals surface area contributed by atoms with Crippen molar-refractivity contribution in [3.8, 4) is 0 Å². The molecule has 1 heterocycles. The fourth-order valence-electron chi connectivity index (χ4n) is 2.47. The van der Waals surface area contributed by atoms with Gasteiger partial charge in [0.15, 0.2) is 0 Å². The van der Waals surface area contributed by atoms with Gasteiger partial charge in [-0.15, -0.1) is 0 Å². The summed E-state index contributed by atoms with van der Waals surface area (Å²) in [6, 6.07) is 7.17. The molecule has 1 N–H and O–H groups in total. The summed E-state index contributed by atoms with van der Waals surface area (Å²) in [5, 5.41) is 9.93. The number of halogens is 1. The fraction of sp³-hybridized carbons (Fsp3) is 0.500. The van der Waals surface area contributed by atoms with Crippen LogP contribution in [0.25, 0.3) is 0 Å². The highest BCUT2D eigenvalue weighted by molar-refractivity contribution is 6.30. The van der Waals surface area contributed by atoms with Gasteiger partial charge in [0.2, 0.25) is 0 Å². The van der Waals surface area contributed by atoms with Crippen LogP contribution >= 0.6 is 11.6 Å². The summed E-state index contributed by atoms with van der Waals surface area (Å²) in [6.45, 7) is 3.05. The van der Waals surface area contributed by atoms with Crippen molar-refractivity contribution in [2.75, 3.05) is 19.6 Å². The van der Waals surface area contributed by atoms with E-state index >= 15 is 0 Å². The van der Waals surface area contributed by atoms with Crippen LogP contribution in [0.1, 0.15) is 30.7 Å². The largest absolute Gasteiger partial charge is 0.481 e. The maximum absolute atomic E-state index is 11.4. The van der Waals surface area contributed by atoms with Crippen molar-refractivity contribution in [3.05, 3.63) is 34.9 Å². The molecule has 3 nitrogen and oxygen atoms in total. The van der Waals surface area contributed by atoms with Gasteiger partial charge in [0.25, 0.3) is 0 Å². The summed E-state index contributed by atoms with van der Waals surface area (Å²) >= 11 is 5.92. The molecule has 0 spiro atoms. The highest BCUT2D eigenvalue weighted by Crippen LogP contribution is 2.24. The number of hydrogen-bond donors (Lipinski definition) is 1. The minimum atomic E-state index is -0.767. The molecule has 0 aliphatic carbocycles. The predicted octanol–water partition coefficient (Wildman–Crippen LogP) is 2.99. The van der Waals surface area contributed by atoms with E-state index in [9.17, 15) is 9.90 Å². The molecular formula is C14H18ClNO2. The third-order valence-electron chi connectivity index (χ3n) is 3.48. The van der Waals surface area contributed by atoms with Crippen LogP contribution in [0.4, 0.5) is 0 Å². The average Bonchev–Trinajstić information content (AvgIpc) is 2.82. The van der Waals surface area contributed by atoms with Crippen molar-refractivity contribution in [2.24, 2.45) is 0 Å². The van der Waals surface area contributed by atoms with Gasteiger partial charge in [-0.25, -0.2) is 0 Å². The molecule has 1 aliphatic heterocycles. The van der Waals surface area contributed by atoms with Crippen LogP contribution < -0.4 is 0 Å². The number of benzene rings is 1. The zero-order chi connectivity index (χ0) is 13.0. The molecular weight excluding hydrogens is 250 g/mol. The second-order valence-electron chi connectivity index (χ2n) is 4.78.